The van der Waals surface area contributed by atoms with Gasteiger partial charge in [0.1, 0.15) is 17.5 Å². The third kappa shape index (κ3) is 11.5. The third-order valence-electron chi connectivity index (χ3n) is 13.4. The van der Waals surface area contributed by atoms with Crippen molar-refractivity contribution in [3.05, 3.63) is 36.5 Å². The van der Waals surface area contributed by atoms with Gasteiger partial charge in [0.05, 0.1) is 36.6 Å². The normalized spacial score (nSPS) is 46.2. The fourth-order valence-corrected chi connectivity index (χ4v) is 9.01. The molecule has 0 radical (unpaired) electrons. The van der Waals surface area contributed by atoms with Crippen molar-refractivity contribution in [1.29, 1.82) is 0 Å². The Bertz CT molecular complexity index is 1390. The highest BCUT2D eigenvalue weighted by Gasteiger charge is 2.56. The van der Waals surface area contributed by atoms with Crippen LogP contribution in [0.15, 0.2) is 36.5 Å². The van der Waals surface area contributed by atoms with Crippen molar-refractivity contribution >= 4 is 17.5 Å². The lowest BCUT2D eigenvalue weighted by atomic mass is 9.74. The average molecular weight is 791 g/mol. The van der Waals surface area contributed by atoms with Crippen LogP contribution in [0.3, 0.4) is 0 Å². The molecule has 5 N–H and O–H groups in total. The Kier molecular flexibility index (Phi) is 17.7. The Balaban J connectivity index is 1.99. The number of Topliss-reactive ketones (excluding diaryl/α,β-unsaturated/α-hetero) is 2. The van der Waals surface area contributed by atoms with Gasteiger partial charge in [-0.05, 0) is 70.1 Å². The molecular weight excluding hydrogens is 716 g/mol. The van der Waals surface area contributed by atoms with E-state index in [2.05, 4.69) is 19.9 Å². The highest BCUT2D eigenvalue weighted by Crippen LogP contribution is 2.49. The van der Waals surface area contributed by atoms with Crippen molar-refractivity contribution in [2.24, 2.45) is 53.3 Å². The SMILES string of the molecule is CCC1C=C/C=C/CC(C)C(O)C(C)(O)C(=O)C(C)C(O)C(C)C(=O)C(C)C(O)C(C)/C=C/C(=O)OC2C(C)C(CC1)OC1(CCC(C)C(CC(C)O)O1)C2C. The van der Waals surface area contributed by atoms with Gasteiger partial charge in [-0.25, -0.2) is 4.79 Å². The number of ether oxygens (including phenoxy) is 3. The van der Waals surface area contributed by atoms with Crippen LogP contribution in [0.25, 0.3) is 0 Å². The zero-order chi connectivity index (χ0) is 42.3. The minimum atomic E-state index is -2.18. The van der Waals surface area contributed by atoms with Crippen LogP contribution < -0.4 is 0 Å². The third-order valence-corrected chi connectivity index (χ3v) is 13.4. The summed E-state index contributed by atoms with van der Waals surface area (Å²) < 4.78 is 20.0. The van der Waals surface area contributed by atoms with Crippen molar-refractivity contribution in [3.8, 4) is 0 Å². The Labute approximate surface area is 336 Å². The molecular formula is C45H74O11. The van der Waals surface area contributed by atoms with Crippen molar-refractivity contribution in [3.63, 3.8) is 0 Å². The second-order valence-electron chi connectivity index (χ2n) is 18.0. The van der Waals surface area contributed by atoms with Crippen molar-refractivity contribution < 1.29 is 54.1 Å². The number of esters is 1. The standard InChI is InChI=1S/C45H74O11/c1-12-34-17-15-13-14-16-27(4)42(51)44(11,53)43(52)32(9)40(50)31(8)39(49)30(7)38(48)26(3)18-21-37(47)54-41-29(6)35(20-19-34)55-45(33(41)10)23-22-25(2)36(56-45)24-28(5)46/h13-15,17-18,21,25-36,38,40-42,46,48,50-51,53H,12,16,19-20,22-24H2,1-11H3/b14-13+,17-15?,21-18+. The quantitative estimate of drug-likeness (QED) is 0.216. The highest BCUT2D eigenvalue weighted by molar-refractivity contribution is 5.91. The fraction of sp³-hybridized carbons (Fsp3) is 0.800. The van der Waals surface area contributed by atoms with E-state index in [1.165, 1.54) is 39.8 Å². The summed E-state index contributed by atoms with van der Waals surface area (Å²) in [6, 6.07) is 0. The van der Waals surface area contributed by atoms with Crippen LogP contribution >= 0.6 is 0 Å². The molecule has 0 aromatic rings. The first kappa shape index (κ1) is 48.1. The lowest BCUT2D eigenvalue weighted by Crippen LogP contribution is -2.62. The van der Waals surface area contributed by atoms with E-state index in [1.54, 1.807) is 20.8 Å². The minimum Gasteiger partial charge on any atom is -0.458 e. The Morgan fingerprint density at radius 3 is 2.11 bits per heavy atom. The van der Waals surface area contributed by atoms with Crippen LogP contribution in [0, 0.1) is 53.3 Å². The molecule has 3 aliphatic rings. The second-order valence-corrected chi connectivity index (χ2v) is 18.0. The lowest BCUT2D eigenvalue weighted by molar-refractivity contribution is -0.371. The molecule has 2 saturated heterocycles. The fourth-order valence-electron chi connectivity index (χ4n) is 9.01. The number of aliphatic hydroxyl groups is 5. The zero-order valence-corrected chi connectivity index (χ0v) is 35.8. The molecule has 320 valence electrons. The number of aliphatic hydroxyl groups excluding tert-OH is 4. The molecule has 18 unspecified atom stereocenters. The molecule has 11 heteroatoms. The van der Waals surface area contributed by atoms with Gasteiger partial charge >= 0.3 is 5.97 Å². The van der Waals surface area contributed by atoms with Gasteiger partial charge in [0.2, 0.25) is 0 Å². The topological polar surface area (TPSA) is 180 Å². The highest BCUT2D eigenvalue weighted by atomic mass is 16.7. The maximum Gasteiger partial charge on any atom is 0.330 e. The first-order valence-corrected chi connectivity index (χ1v) is 21.2. The number of rotatable bonds is 3. The van der Waals surface area contributed by atoms with Gasteiger partial charge in [0.15, 0.2) is 11.6 Å². The molecule has 2 bridgehead atoms. The zero-order valence-electron chi connectivity index (χ0n) is 35.8. The number of allylic oxidation sites excluding steroid dienone is 4. The van der Waals surface area contributed by atoms with Crippen LogP contribution in [-0.4, -0.2) is 97.2 Å². The molecule has 11 nitrogen and oxygen atoms in total. The van der Waals surface area contributed by atoms with Crippen LogP contribution in [0.5, 0.6) is 0 Å². The molecule has 0 aromatic carbocycles. The van der Waals surface area contributed by atoms with Crippen LogP contribution in [0.4, 0.5) is 0 Å². The summed E-state index contributed by atoms with van der Waals surface area (Å²) in [5.74, 6) is -7.28. The number of hydrogen-bond acceptors (Lipinski definition) is 11. The number of carbonyl (C=O) groups excluding carboxylic acids is 3. The molecule has 0 saturated carbocycles. The molecule has 2 fully saturated rings. The van der Waals surface area contributed by atoms with E-state index in [1.807, 2.05) is 32.1 Å². The summed E-state index contributed by atoms with van der Waals surface area (Å²) in [6.45, 7) is 19.1. The molecule has 0 aromatic heterocycles. The van der Waals surface area contributed by atoms with E-state index < -0.39 is 89.0 Å². The van der Waals surface area contributed by atoms with Gasteiger partial charge in [-0.2, -0.15) is 0 Å². The molecule has 0 aliphatic carbocycles. The van der Waals surface area contributed by atoms with E-state index in [0.29, 0.717) is 25.7 Å². The molecule has 18 atom stereocenters. The first-order chi connectivity index (χ1) is 26.1. The monoisotopic (exact) mass is 791 g/mol. The lowest BCUT2D eigenvalue weighted by Gasteiger charge is -2.55. The van der Waals surface area contributed by atoms with E-state index in [-0.39, 0.29) is 35.9 Å². The molecule has 1 spiro atoms. The largest absolute Gasteiger partial charge is 0.458 e. The predicted octanol–water partition coefficient (Wildman–Crippen LogP) is 5.88. The van der Waals surface area contributed by atoms with E-state index in [4.69, 9.17) is 14.2 Å². The van der Waals surface area contributed by atoms with Crippen LogP contribution in [-0.2, 0) is 28.6 Å². The van der Waals surface area contributed by atoms with Crippen LogP contribution in [0.2, 0.25) is 0 Å². The van der Waals surface area contributed by atoms with Crippen molar-refractivity contribution in [1.82, 2.24) is 0 Å². The molecule has 3 heterocycles. The second kappa shape index (κ2) is 20.6. The Hall–Kier alpha value is -2.25. The average Bonchev–Trinajstić information content (AvgIpc) is 3.16. The summed E-state index contributed by atoms with van der Waals surface area (Å²) >= 11 is 0. The van der Waals surface area contributed by atoms with Gasteiger partial charge in [0, 0.05) is 48.0 Å². The number of carbonyl (C=O) groups is 3. The van der Waals surface area contributed by atoms with E-state index in [9.17, 15) is 39.9 Å². The maximum absolute atomic E-state index is 13.5. The molecule has 3 aliphatic heterocycles. The van der Waals surface area contributed by atoms with Crippen LogP contribution in [0.1, 0.15) is 121 Å². The molecule has 3 rings (SSSR count). The first-order valence-electron chi connectivity index (χ1n) is 21.2. The summed E-state index contributed by atoms with van der Waals surface area (Å²) in [5, 5.41) is 55.0. The van der Waals surface area contributed by atoms with Gasteiger partial charge in [-0.15, -0.1) is 0 Å². The number of ketones is 2. The van der Waals surface area contributed by atoms with Crippen molar-refractivity contribution in [2.75, 3.05) is 0 Å². The van der Waals surface area contributed by atoms with Gasteiger partial charge < -0.3 is 39.7 Å². The summed E-state index contributed by atoms with van der Waals surface area (Å²) in [7, 11) is 0. The minimum absolute atomic E-state index is 0.168. The summed E-state index contributed by atoms with van der Waals surface area (Å²) in [4.78, 5) is 40.5. The van der Waals surface area contributed by atoms with Crippen molar-refractivity contribution in [2.45, 2.75) is 175 Å². The number of fused-ring (bicyclic) bond motifs is 2. The van der Waals surface area contributed by atoms with E-state index >= 15 is 0 Å². The molecule has 0 amide bonds. The Morgan fingerprint density at radius 2 is 1.48 bits per heavy atom. The smallest absolute Gasteiger partial charge is 0.330 e. The van der Waals surface area contributed by atoms with Gasteiger partial charge in [0.25, 0.3) is 0 Å². The van der Waals surface area contributed by atoms with Gasteiger partial charge in [-0.3, -0.25) is 9.59 Å². The molecule has 56 heavy (non-hydrogen) atoms. The predicted molar refractivity (Wildman–Crippen MR) is 215 cm³/mol. The Morgan fingerprint density at radius 1 is 0.839 bits per heavy atom. The summed E-state index contributed by atoms with van der Waals surface area (Å²) in [6.07, 6.45) is 9.62. The maximum atomic E-state index is 13.5. The van der Waals surface area contributed by atoms with E-state index in [0.717, 1.165) is 19.3 Å². The van der Waals surface area contributed by atoms with Gasteiger partial charge in [-0.1, -0.05) is 92.7 Å². The summed E-state index contributed by atoms with van der Waals surface area (Å²) in [5.41, 5.74) is -2.18. The number of hydrogen-bond donors (Lipinski definition) is 5.